The topological polar surface area (TPSA) is 202 Å². The molecule has 0 aliphatic carbocycles. The molecule has 0 aromatic heterocycles. The molecule has 5 unspecified atom stereocenters. The highest BCUT2D eigenvalue weighted by atomic mass is 33.1. The lowest BCUT2D eigenvalue weighted by Crippen LogP contribution is -2.67. The van der Waals surface area contributed by atoms with Gasteiger partial charge < -0.3 is 55.7 Å². The predicted molar refractivity (Wildman–Crippen MR) is 124 cm³/mol. The maximum atomic E-state index is 12.5. The molecule has 0 saturated carbocycles. The van der Waals surface area contributed by atoms with Crippen molar-refractivity contribution in [3.63, 3.8) is 0 Å². The molecule has 0 bridgehead atoms. The largest absolute Gasteiger partial charge is 0.394 e. The molecule has 13 nitrogen and oxygen atoms in total. The van der Waals surface area contributed by atoms with Gasteiger partial charge in [0.05, 0.1) is 12.7 Å². The Morgan fingerprint density at radius 1 is 1.12 bits per heavy atom. The van der Waals surface area contributed by atoms with Crippen LogP contribution in [0.4, 0.5) is 0 Å². The van der Waals surface area contributed by atoms with E-state index in [-0.39, 0.29) is 6.42 Å². The second kappa shape index (κ2) is 14.7. The van der Waals surface area contributed by atoms with Crippen molar-refractivity contribution in [1.82, 2.24) is 10.6 Å². The van der Waals surface area contributed by atoms with Crippen molar-refractivity contribution < 1.29 is 49.0 Å². The highest BCUT2D eigenvalue weighted by Crippen LogP contribution is 2.29. The van der Waals surface area contributed by atoms with Gasteiger partial charge in [0.15, 0.2) is 12.6 Å². The quantitative estimate of drug-likeness (QED) is 0.0990. The number of aliphatic hydroxyl groups is 4. The fourth-order valence-electron chi connectivity index (χ4n) is 3.59. The van der Waals surface area contributed by atoms with Gasteiger partial charge in [-0.05, 0) is 0 Å². The highest BCUT2D eigenvalue weighted by Gasteiger charge is 2.50. The van der Waals surface area contributed by atoms with Crippen LogP contribution in [0.2, 0.25) is 0 Å². The number of nitrogens with one attached hydrogen (secondary N) is 2. The summed E-state index contributed by atoms with van der Waals surface area (Å²) in [5, 5.41) is 46.3. The molecule has 2 amide bonds. The summed E-state index contributed by atoms with van der Waals surface area (Å²) in [5.41, 5.74) is 5.43. The number of carbonyl (C=O) groups is 2. The molecule has 2 heterocycles. The Morgan fingerprint density at radius 2 is 1.82 bits per heavy atom. The number of ether oxygens (including phenoxy) is 4. The summed E-state index contributed by atoms with van der Waals surface area (Å²) >= 11 is 0. The third-order valence-corrected chi connectivity index (χ3v) is 7.68. The number of carbonyl (C=O) groups excluding carboxylic acids is 2. The SMILES string of the molecule is CO[C@H]1OC(CO)C(O)[C@H](O[C@H]2OC(C(=O)NCCSSCCN)C[C@H](O)C2O)C1NC(C)=O. The molecule has 9 atom stereocenters. The predicted octanol–water partition coefficient (Wildman–Crippen LogP) is -3.11. The van der Waals surface area contributed by atoms with Crippen LogP contribution >= 0.6 is 21.6 Å². The van der Waals surface area contributed by atoms with E-state index in [0.29, 0.717) is 18.8 Å². The lowest BCUT2D eigenvalue weighted by atomic mass is 9.95. The summed E-state index contributed by atoms with van der Waals surface area (Å²) in [6.07, 6.45) is -10.6. The smallest absolute Gasteiger partial charge is 0.249 e. The molecule has 0 spiro atoms. The standard InChI is InChI=1S/C19H35N3O10S2/c1-9(24)22-13-16(15(27)12(8-23)31-18(13)29-2)32-19-14(26)10(25)7-11(30-19)17(28)21-4-6-34-33-5-3-20/h10-16,18-19,23,25-27H,3-8,20H2,1-2H3,(H,21,28)(H,22,24)/t10-,11?,12?,13?,14?,15?,16+,18-,19+/m0/s1. The molecule has 2 fully saturated rings. The Morgan fingerprint density at radius 3 is 2.44 bits per heavy atom. The van der Waals surface area contributed by atoms with Crippen LogP contribution in [0.15, 0.2) is 0 Å². The number of hydrogen-bond donors (Lipinski definition) is 7. The molecular weight excluding hydrogens is 494 g/mol. The molecule has 15 heteroatoms. The Balaban J connectivity index is 2.07. The second-order valence-electron chi connectivity index (χ2n) is 7.79. The first-order valence-corrected chi connectivity index (χ1v) is 13.4. The first kappa shape index (κ1) is 29.5. The maximum absolute atomic E-state index is 12.5. The number of aliphatic hydroxyl groups excluding tert-OH is 4. The van der Waals surface area contributed by atoms with Gasteiger partial charge in [-0.15, -0.1) is 0 Å². The van der Waals surface area contributed by atoms with E-state index < -0.39 is 73.7 Å². The molecule has 2 rings (SSSR count). The van der Waals surface area contributed by atoms with Crippen molar-refractivity contribution in [2.24, 2.45) is 5.73 Å². The highest BCUT2D eigenvalue weighted by molar-refractivity contribution is 8.76. The number of nitrogens with two attached hydrogens (primary N) is 1. The first-order valence-electron chi connectivity index (χ1n) is 10.9. The summed E-state index contributed by atoms with van der Waals surface area (Å²) in [5.74, 6) is 0.482. The van der Waals surface area contributed by atoms with E-state index in [2.05, 4.69) is 10.6 Å². The lowest BCUT2D eigenvalue weighted by Gasteiger charge is -2.46. The van der Waals surface area contributed by atoms with Crippen molar-refractivity contribution in [2.75, 3.05) is 38.3 Å². The van der Waals surface area contributed by atoms with Gasteiger partial charge in [0.2, 0.25) is 11.8 Å². The Labute approximate surface area is 205 Å². The number of amides is 2. The first-order chi connectivity index (χ1) is 16.2. The number of rotatable bonds is 12. The average molecular weight is 530 g/mol. The van der Waals surface area contributed by atoms with Crippen molar-refractivity contribution in [2.45, 2.75) is 68.6 Å². The van der Waals surface area contributed by atoms with Crippen LogP contribution < -0.4 is 16.4 Å². The molecule has 0 radical (unpaired) electrons. The molecule has 8 N–H and O–H groups in total. The molecule has 2 aliphatic heterocycles. The van der Waals surface area contributed by atoms with Crippen LogP contribution in [0.3, 0.4) is 0 Å². The third kappa shape index (κ3) is 8.16. The number of hydrogen-bond acceptors (Lipinski definition) is 13. The Hall–Kier alpha value is -0.720. The molecule has 0 aromatic carbocycles. The minimum Gasteiger partial charge on any atom is -0.394 e. The van der Waals surface area contributed by atoms with Crippen molar-refractivity contribution in [3.8, 4) is 0 Å². The fraction of sp³-hybridized carbons (Fsp3) is 0.895. The van der Waals surface area contributed by atoms with Crippen LogP contribution in [0.1, 0.15) is 13.3 Å². The summed E-state index contributed by atoms with van der Waals surface area (Å²) in [6.45, 7) is 1.60. The molecule has 2 saturated heterocycles. The lowest BCUT2D eigenvalue weighted by molar-refractivity contribution is -0.325. The normalized spacial score (nSPS) is 36.1. The van der Waals surface area contributed by atoms with E-state index in [0.717, 1.165) is 5.75 Å². The second-order valence-corrected chi connectivity index (χ2v) is 10.5. The Bertz CT molecular complexity index is 651. The van der Waals surface area contributed by atoms with Crippen LogP contribution in [-0.4, -0.2) is 126 Å². The van der Waals surface area contributed by atoms with E-state index >= 15 is 0 Å². The van der Waals surface area contributed by atoms with Gasteiger partial charge >= 0.3 is 0 Å². The minimum atomic E-state index is -1.53. The third-order valence-electron chi connectivity index (χ3n) is 5.24. The van der Waals surface area contributed by atoms with E-state index in [1.165, 1.54) is 14.0 Å². The van der Waals surface area contributed by atoms with Gasteiger partial charge in [-0.1, -0.05) is 21.6 Å². The van der Waals surface area contributed by atoms with Gasteiger partial charge in [0, 0.05) is 45.0 Å². The zero-order valence-corrected chi connectivity index (χ0v) is 20.7. The molecule has 2 aliphatic rings. The van der Waals surface area contributed by atoms with Crippen LogP contribution in [0.5, 0.6) is 0 Å². The van der Waals surface area contributed by atoms with Crippen molar-refractivity contribution >= 4 is 33.4 Å². The van der Waals surface area contributed by atoms with Crippen LogP contribution in [0, 0.1) is 0 Å². The summed E-state index contributed by atoms with van der Waals surface area (Å²) in [6, 6.07) is -1.04. The monoisotopic (exact) mass is 529 g/mol. The van der Waals surface area contributed by atoms with Crippen molar-refractivity contribution in [1.29, 1.82) is 0 Å². The van der Waals surface area contributed by atoms with E-state index in [1.807, 2.05) is 0 Å². The van der Waals surface area contributed by atoms with Gasteiger partial charge in [0.1, 0.15) is 36.6 Å². The zero-order chi connectivity index (χ0) is 25.3. The van der Waals surface area contributed by atoms with Gasteiger partial charge in [0.25, 0.3) is 0 Å². The van der Waals surface area contributed by atoms with Crippen LogP contribution in [-0.2, 0) is 28.5 Å². The van der Waals surface area contributed by atoms with Crippen LogP contribution in [0.25, 0.3) is 0 Å². The molecule has 198 valence electrons. The number of methoxy groups -OCH3 is 1. The summed E-state index contributed by atoms with van der Waals surface area (Å²) in [7, 11) is 4.47. The minimum absolute atomic E-state index is 0.159. The zero-order valence-electron chi connectivity index (χ0n) is 19.1. The van der Waals surface area contributed by atoms with E-state index in [9.17, 15) is 30.0 Å². The van der Waals surface area contributed by atoms with Gasteiger partial charge in [-0.2, -0.15) is 0 Å². The Kier molecular flexibility index (Phi) is 12.8. The van der Waals surface area contributed by atoms with Crippen molar-refractivity contribution in [3.05, 3.63) is 0 Å². The van der Waals surface area contributed by atoms with Gasteiger partial charge in [-0.3, -0.25) is 9.59 Å². The molecular formula is C19H35N3O10S2. The maximum Gasteiger partial charge on any atom is 0.249 e. The van der Waals surface area contributed by atoms with E-state index in [1.54, 1.807) is 21.6 Å². The fourth-order valence-corrected chi connectivity index (χ4v) is 5.35. The molecule has 34 heavy (non-hydrogen) atoms. The van der Waals surface area contributed by atoms with Gasteiger partial charge in [-0.25, -0.2) is 0 Å². The average Bonchev–Trinajstić information content (AvgIpc) is 2.80. The summed E-state index contributed by atoms with van der Waals surface area (Å²) in [4.78, 5) is 24.3. The summed E-state index contributed by atoms with van der Waals surface area (Å²) < 4.78 is 22.1. The van der Waals surface area contributed by atoms with E-state index in [4.69, 9.17) is 24.7 Å². The molecule has 0 aromatic rings.